The van der Waals surface area contributed by atoms with Gasteiger partial charge >= 0.3 is 0 Å². The lowest BCUT2D eigenvalue weighted by atomic mass is 10.2. The Bertz CT molecular complexity index is 530. The maximum absolute atomic E-state index is 11.6. The highest BCUT2D eigenvalue weighted by molar-refractivity contribution is 5.72. The molecule has 0 fully saturated rings. The van der Waals surface area contributed by atoms with Crippen LogP contribution in [0.2, 0.25) is 0 Å². The van der Waals surface area contributed by atoms with E-state index in [-0.39, 0.29) is 0 Å². The predicted molar refractivity (Wildman–Crippen MR) is 63.6 cm³/mol. The van der Waals surface area contributed by atoms with Crippen molar-refractivity contribution in [1.29, 1.82) is 0 Å². The molecule has 6 heteroatoms. The van der Waals surface area contributed by atoms with Crippen molar-refractivity contribution >= 4 is 17.0 Å². The van der Waals surface area contributed by atoms with Crippen LogP contribution in [0.4, 0.5) is 5.95 Å². The van der Waals surface area contributed by atoms with Gasteiger partial charge < -0.3 is 15.3 Å². The van der Waals surface area contributed by atoms with Crippen LogP contribution in [0.25, 0.3) is 11.0 Å². The Balaban J connectivity index is 2.33. The van der Waals surface area contributed by atoms with Gasteiger partial charge in [-0.05, 0) is 23.4 Å². The van der Waals surface area contributed by atoms with Crippen molar-refractivity contribution in [3.8, 4) is 0 Å². The molecular weight excluding hydrogens is 220 g/mol. The maximum atomic E-state index is 11.6. The van der Waals surface area contributed by atoms with Crippen molar-refractivity contribution in [3.05, 3.63) is 29.0 Å². The molecule has 1 N–H and O–H groups in total. The number of ether oxygens (including phenoxy) is 1. The molecule has 0 spiro atoms. The van der Waals surface area contributed by atoms with Gasteiger partial charge in [-0.2, -0.15) is 0 Å². The van der Waals surface area contributed by atoms with Crippen LogP contribution < -0.4 is 10.2 Å². The maximum Gasteiger partial charge on any atom is 0.290 e. The first kappa shape index (κ1) is 11.5. The van der Waals surface area contributed by atoms with E-state index in [9.17, 15) is 5.21 Å². The van der Waals surface area contributed by atoms with Crippen LogP contribution in [0.1, 0.15) is 5.56 Å². The molecule has 1 aromatic heterocycles. The first-order valence-electron chi connectivity index (χ1n) is 5.32. The summed E-state index contributed by atoms with van der Waals surface area (Å²) < 4.78 is 4.90. The second-order valence-corrected chi connectivity index (χ2v) is 3.72. The standard InChI is InChI=1S/C11H14N4O2/c1-8-3-4-10-9(7-8)13-11(14-15(10)16)12-5-6-17-2/h3-4,7H,5-6H2,1-2H3,(H,12,13,14). The molecule has 0 aliphatic heterocycles. The molecule has 0 radical (unpaired) electrons. The largest absolute Gasteiger partial charge is 0.594 e. The van der Waals surface area contributed by atoms with Crippen molar-refractivity contribution < 1.29 is 9.58 Å². The minimum atomic E-state index is 0.315. The van der Waals surface area contributed by atoms with Crippen LogP contribution in [0, 0.1) is 12.1 Å². The van der Waals surface area contributed by atoms with Gasteiger partial charge in [-0.25, -0.2) is 4.98 Å². The Kier molecular flexibility index (Phi) is 3.34. The number of methoxy groups -OCH3 is 1. The van der Waals surface area contributed by atoms with Gasteiger partial charge in [-0.15, -0.1) is 0 Å². The second kappa shape index (κ2) is 4.92. The van der Waals surface area contributed by atoms with Crippen molar-refractivity contribution in [3.63, 3.8) is 0 Å². The third-order valence-corrected chi connectivity index (χ3v) is 2.34. The number of hydrogen-bond acceptors (Lipinski definition) is 5. The summed E-state index contributed by atoms with van der Waals surface area (Å²) in [5.41, 5.74) is 2.15. The average molecular weight is 234 g/mol. The van der Waals surface area contributed by atoms with E-state index in [1.165, 1.54) is 0 Å². The Labute approximate surface area is 98.8 Å². The molecule has 6 nitrogen and oxygen atoms in total. The molecule has 17 heavy (non-hydrogen) atoms. The van der Waals surface area contributed by atoms with Crippen molar-refractivity contribution in [1.82, 2.24) is 10.1 Å². The molecule has 0 aliphatic carbocycles. The van der Waals surface area contributed by atoms with Crippen molar-refractivity contribution in [2.75, 3.05) is 25.6 Å². The lowest BCUT2D eigenvalue weighted by Gasteiger charge is -2.04. The van der Waals surface area contributed by atoms with E-state index in [0.717, 1.165) is 5.56 Å². The number of benzene rings is 1. The summed E-state index contributed by atoms with van der Waals surface area (Å²) in [7, 11) is 1.61. The lowest BCUT2D eigenvalue weighted by molar-refractivity contribution is -0.641. The third-order valence-electron chi connectivity index (χ3n) is 2.34. The van der Waals surface area contributed by atoms with Crippen LogP contribution in [-0.4, -0.2) is 30.3 Å². The number of anilines is 1. The molecule has 0 atom stereocenters. The molecule has 90 valence electrons. The van der Waals surface area contributed by atoms with Crippen molar-refractivity contribution in [2.24, 2.45) is 0 Å². The van der Waals surface area contributed by atoms with Crippen LogP contribution >= 0.6 is 0 Å². The smallest absolute Gasteiger partial charge is 0.290 e. The summed E-state index contributed by atoms with van der Waals surface area (Å²) in [6.45, 7) is 3.05. The summed E-state index contributed by atoms with van der Waals surface area (Å²) in [5.74, 6) is 0.315. The summed E-state index contributed by atoms with van der Waals surface area (Å²) in [6, 6.07) is 5.43. The SMILES string of the molecule is COCCNc1nc2cc(C)ccc2[n+]([O-])n1. The molecule has 0 saturated heterocycles. The molecular formula is C11H14N4O2. The van der Waals surface area contributed by atoms with Crippen molar-refractivity contribution in [2.45, 2.75) is 6.92 Å². The highest BCUT2D eigenvalue weighted by atomic mass is 16.5. The molecule has 0 unspecified atom stereocenters. The quantitative estimate of drug-likeness (QED) is 0.477. The van der Waals surface area contributed by atoms with Crippen LogP contribution in [0.3, 0.4) is 0 Å². The highest BCUT2D eigenvalue weighted by Gasteiger charge is 2.10. The second-order valence-electron chi connectivity index (χ2n) is 3.72. The van der Waals surface area contributed by atoms with Gasteiger partial charge in [0.15, 0.2) is 0 Å². The number of aryl methyl sites for hydroxylation is 1. The summed E-state index contributed by atoms with van der Waals surface area (Å²) >= 11 is 0. The molecule has 2 rings (SSSR count). The Morgan fingerprint density at radius 2 is 2.29 bits per heavy atom. The molecule has 0 aliphatic rings. The fraction of sp³-hybridized carbons (Fsp3) is 0.364. The van der Waals surface area contributed by atoms with Crippen LogP contribution in [-0.2, 0) is 4.74 Å². The van der Waals surface area contributed by atoms with E-state index in [0.29, 0.717) is 35.0 Å². The molecule has 2 aromatic rings. The van der Waals surface area contributed by atoms with Crippen LogP contribution in [0.5, 0.6) is 0 Å². The predicted octanol–water partition coefficient (Wildman–Crippen LogP) is 0.630. The lowest BCUT2D eigenvalue weighted by Crippen LogP contribution is -2.33. The zero-order valence-corrected chi connectivity index (χ0v) is 9.80. The summed E-state index contributed by atoms with van der Waals surface area (Å²) in [5, 5.41) is 18.4. The molecule has 0 bridgehead atoms. The number of fused-ring (bicyclic) bond motifs is 1. The monoisotopic (exact) mass is 234 g/mol. The third kappa shape index (κ3) is 2.59. The molecule has 1 aromatic carbocycles. The Hall–Kier alpha value is -1.95. The van der Waals surface area contributed by atoms with E-state index in [1.54, 1.807) is 13.2 Å². The fourth-order valence-corrected chi connectivity index (χ4v) is 1.50. The number of nitrogens with zero attached hydrogens (tertiary/aromatic N) is 3. The van der Waals surface area contributed by atoms with Gasteiger partial charge in [0.2, 0.25) is 0 Å². The van der Waals surface area contributed by atoms with E-state index in [2.05, 4.69) is 15.4 Å². The van der Waals surface area contributed by atoms with Gasteiger partial charge in [-0.1, -0.05) is 6.07 Å². The normalized spacial score (nSPS) is 10.7. The van der Waals surface area contributed by atoms with Gasteiger partial charge in [0.05, 0.1) is 11.7 Å². The molecule has 1 heterocycles. The first-order valence-corrected chi connectivity index (χ1v) is 5.32. The summed E-state index contributed by atoms with van der Waals surface area (Å²) in [6.07, 6.45) is 0. The number of nitrogens with one attached hydrogen (secondary N) is 1. The zero-order chi connectivity index (χ0) is 12.3. The Morgan fingerprint density at radius 1 is 1.47 bits per heavy atom. The highest BCUT2D eigenvalue weighted by Crippen LogP contribution is 2.10. The van der Waals surface area contributed by atoms with Gasteiger partial charge in [0, 0.05) is 19.7 Å². The minimum Gasteiger partial charge on any atom is -0.594 e. The molecule has 0 saturated carbocycles. The van der Waals surface area contributed by atoms with E-state index >= 15 is 0 Å². The first-order chi connectivity index (χ1) is 8.20. The minimum absolute atomic E-state index is 0.315. The Morgan fingerprint density at radius 3 is 3.06 bits per heavy atom. The van der Waals surface area contributed by atoms with E-state index in [4.69, 9.17) is 4.74 Å². The fourth-order valence-electron chi connectivity index (χ4n) is 1.50. The number of rotatable bonds is 4. The zero-order valence-electron chi connectivity index (χ0n) is 9.80. The van der Waals surface area contributed by atoms with Gasteiger partial charge in [0.1, 0.15) is 5.52 Å². The summed E-state index contributed by atoms with van der Waals surface area (Å²) in [4.78, 5) is 4.85. The average Bonchev–Trinajstić information content (AvgIpc) is 2.28. The molecule has 0 amide bonds. The van der Waals surface area contributed by atoms with Gasteiger partial charge in [0.25, 0.3) is 11.5 Å². The van der Waals surface area contributed by atoms with Gasteiger partial charge in [-0.3, -0.25) is 0 Å². The number of aromatic nitrogens is 3. The topological polar surface area (TPSA) is 74.0 Å². The van der Waals surface area contributed by atoms with E-state index < -0.39 is 0 Å². The van der Waals surface area contributed by atoms with Crippen LogP contribution in [0.15, 0.2) is 18.2 Å². The van der Waals surface area contributed by atoms with E-state index in [1.807, 2.05) is 19.1 Å². The number of hydrogen-bond donors (Lipinski definition) is 1.